The van der Waals surface area contributed by atoms with Gasteiger partial charge in [0, 0.05) is 12.6 Å². The summed E-state index contributed by atoms with van der Waals surface area (Å²) in [7, 11) is 2.18. The minimum absolute atomic E-state index is 0.406. The van der Waals surface area contributed by atoms with Gasteiger partial charge >= 0.3 is 0 Å². The van der Waals surface area contributed by atoms with Gasteiger partial charge < -0.3 is 4.90 Å². The maximum atomic E-state index is 9.38. The zero-order valence-electron chi connectivity index (χ0n) is 12.3. The second-order valence-corrected chi connectivity index (χ2v) is 5.93. The van der Waals surface area contributed by atoms with E-state index in [1.165, 1.54) is 38.5 Å². The molecule has 0 spiro atoms. The first-order valence-corrected chi connectivity index (χ1v) is 7.48. The fourth-order valence-electron chi connectivity index (χ4n) is 2.86. The number of hydrogen-bond donors (Lipinski definition) is 1. The Balaban J connectivity index is 2.49. The monoisotopic (exact) mass is 251 g/mol. The highest BCUT2D eigenvalue weighted by Gasteiger charge is 2.28. The van der Waals surface area contributed by atoms with Crippen LogP contribution in [0, 0.1) is 11.3 Å². The van der Waals surface area contributed by atoms with E-state index in [9.17, 15) is 5.26 Å². The maximum absolute atomic E-state index is 9.38. The van der Waals surface area contributed by atoms with Gasteiger partial charge in [0.05, 0.1) is 6.07 Å². The summed E-state index contributed by atoms with van der Waals surface area (Å²) in [6.07, 6.45) is 9.13. The van der Waals surface area contributed by atoms with Crippen LogP contribution in [0.1, 0.15) is 58.8 Å². The van der Waals surface area contributed by atoms with E-state index in [-0.39, 0.29) is 0 Å². The molecular formula is C15H29N3. The Kier molecular flexibility index (Phi) is 6.67. The lowest BCUT2D eigenvalue weighted by atomic mass is 10.0. The van der Waals surface area contributed by atoms with Crippen LogP contribution < -0.4 is 5.32 Å². The molecule has 1 aliphatic carbocycles. The quantitative estimate of drug-likeness (QED) is 0.738. The molecule has 0 bridgehead atoms. The van der Waals surface area contributed by atoms with Crippen molar-refractivity contribution in [3.8, 4) is 6.07 Å². The van der Waals surface area contributed by atoms with Crippen molar-refractivity contribution >= 4 is 0 Å². The van der Waals surface area contributed by atoms with Gasteiger partial charge in [-0.3, -0.25) is 5.32 Å². The molecule has 0 amide bonds. The smallest absolute Gasteiger partial charge is 0.116 e. The topological polar surface area (TPSA) is 39.1 Å². The van der Waals surface area contributed by atoms with E-state index in [4.69, 9.17) is 0 Å². The third-order valence-electron chi connectivity index (χ3n) is 4.03. The van der Waals surface area contributed by atoms with Gasteiger partial charge in [0.1, 0.15) is 5.54 Å². The zero-order valence-corrected chi connectivity index (χ0v) is 12.3. The summed E-state index contributed by atoms with van der Waals surface area (Å²) >= 11 is 0. The lowest BCUT2D eigenvalue weighted by molar-refractivity contribution is 0.182. The molecule has 1 rings (SSSR count). The molecule has 0 aromatic rings. The second kappa shape index (κ2) is 7.76. The van der Waals surface area contributed by atoms with Crippen LogP contribution in [-0.4, -0.2) is 36.6 Å². The van der Waals surface area contributed by atoms with E-state index in [2.05, 4.69) is 30.3 Å². The van der Waals surface area contributed by atoms with Crippen molar-refractivity contribution in [2.24, 2.45) is 0 Å². The second-order valence-electron chi connectivity index (χ2n) is 5.93. The molecule has 3 heteroatoms. The van der Waals surface area contributed by atoms with Gasteiger partial charge in [-0.2, -0.15) is 5.26 Å². The van der Waals surface area contributed by atoms with Gasteiger partial charge in [0.25, 0.3) is 0 Å². The number of nitriles is 1. The largest absolute Gasteiger partial charge is 0.301 e. The van der Waals surface area contributed by atoms with E-state index >= 15 is 0 Å². The van der Waals surface area contributed by atoms with Gasteiger partial charge in [0.15, 0.2) is 0 Å². The van der Waals surface area contributed by atoms with Crippen molar-refractivity contribution in [3.05, 3.63) is 0 Å². The molecule has 1 unspecified atom stereocenters. The van der Waals surface area contributed by atoms with Crippen molar-refractivity contribution < 1.29 is 0 Å². The number of nitrogens with one attached hydrogen (secondary N) is 1. The molecule has 0 aliphatic heterocycles. The number of nitrogens with zero attached hydrogens (tertiary/aromatic N) is 2. The standard InChI is InChI=1S/C15H29N3/c1-4-11-17-15(2,12-16)13-18(3)14-9-7-5-6-8-10-14/h14,17H,4-11,13H2,1-3H3. The molecule has 0 aromatic heterocycles. The Hall–Kier alpha value is -0.590. The Bertz CT molecular complexity index is 263. The van der Waals surface area contributed by atoms with Crippen LogP contribution in [0.3, 0.4) is 0 Å². The average Bonchev–Trinajstić information content (AvgIpc) is 2.65. The molecule has 1 fully saturated rings. The van der Waals surface area contributed by atoms with Crippen molar-refractivity contribution in [1.29, 1.82) is 5.26 Å². The molecule has 0 heterocycles. The number of rotatable bonds is 6. The van der Waals surface area contributed by atoms with E-state index in [0.717, 1.165) is 19.5 Å². The first-order chi connectivity index (χ1) is 8.61. The Morgan fingerprint density at radius 3 is 2.39 bits per heavy atom. The number of hydrogen-bond acceptors (Lipinski definition) is 3. The van der Waals surface area contributed by atoms with Crippen LogP contribution >= 0.6 is 0 Å². The Labute approximate surface area is 113 Å². The normalized spacial score (nSPS) is 21.3. The molecule has 1 aliphatic rings. The van der Waals surface area contributed by atoms with Crippen LogP contribution in [0.4, 0.5) is 0 Å². The predicted octanol–water partition coefficient (Wildman–Crippen LogP) is 2.92. The molecule has 1 N–H and O–H groups in total. The Morgan fingerprint density at radius 1 is 1.28 bits per heavy atom. The molecular weight excluding hydrogens is 222 g/mol. The summed E-state index contributed by atoms with van der Waals surface area (Å²) in [5, 5.41) is 12.8. The van der Waals surface area contributed by atoms with Crippen LogP contribution in [0.2, 0.25) is 0 Å². The lowest BCUT2D eigenvalue weighted by Gasteiger charge is -2.34. The first kappa shape index (κ1) is 15.5. The van der Waals surface area contributed by atoms with E-state index in [1.807, 2.05) is 6.92 Å². The molecule has 18 heavy (non-hydrogen) atoms. The third kappa shape index (κ3) is 4.96. The molecule has 104 valence electrons. The summed E-state index contributed by atoms with van der Waals surface area (Å²) in [5.41, 5.74) is -0.406. The lowest BCUT2D eigenvalue weighted by Crippen LogP contribution is -2.51. The maximum Gasteiger partial charge on any atom is 0.116 e. The van der Waals surface area contributed by atoms with Crippen molar-refractivity contribution in [2.45, 2.75) is 70.4 Å². The average molecular weight is 251 g/mol. The summed E-state index contributed by atoms with van der Waals surface area (Å²) in [5.74, 6) is 0. The van der Waals surface area contributed by atoms with Crippen molar-refractivity contribution in [1.82, 2.24) is 10.2 Å². The molecule has 0 saturated heterocycles. The van der Waals surface area contributed by atoms with Gasteiger partial charge in [-0.15, -0.1) is 0 Å². The van der Waals surface area contributed by atoms with Gasteiger partial charge in [-0.05, 0) is 39.8 Å². The number of likely N-dealkylation sites (N-methyl/N-ethyl adjacent to an activating group) is 1. The summed E-state index contributed by atoms with van der Waals surface area (Å²) in [4.78, 5) is 2.40. The van der Waals surface area contributed by atoms with Gasteiger partial charge in [-0.1, -0.05) is 32.6 Å². The molecule has 3 nitrogen and oxygen atoms in total. The zero-order chi connectivity index (χ0) is 13.4. The van der Waals surface area contributed by atoms with E-state index < -0.39 is 5.54 Å². The Morgan fingerprint density at radius 2 is 1.89 bits per heavy atom. The van der Waals surface area contributed by atoms with Crippen LogP contribution in [0.25, 0.3) is 0 Å². The predicted molar refractivity (Wildman–Crippen MR) is 76.4 cm³/mol. The molecule has 0 aromatic carbocycles. The van der Waals surface area contributed by atoms with Crippen LogP contribution in [0.15, 0.2) is 0 Å². The van der Waals surface area contributed by atoms with E-state index in [1.54, 1.807) is 0 Å². The third-order valence-corrected chi connectivity index (χ3v) is 4.03. The van der Waals surface area contributed by atoms with Crippen LogP contribution in [-0.2, 0) is 0 Å². The van der Waals surface area contributed by atoms with Crippen LogP contribution in [0.5, 0.6) is 0 Å². The summed E-state index contributed by atoms with van der Waals surface area (Å²) in [6.45, 7) is 5.91. The summed E-state index contributed by atoms with van der Waals surface area (Å²) in [6, 6.07) is 3.12. The van der Waals surface area contributed by atoms with E-state index in [0.29, 0.717) is 6.04 Å². The summed E-state index contributed by atoms with van der Waals surface area (Å²) < 4.78 is 0. The minimum Gasteiger partial charge on any atom is -0.301 e. The molecule has 1 saturated carbocycles. The fraction of sp³-hybridized carbons (Fsp3) is 0.933. The highest BCUT2D eigenvalue weighted by molar-refractivity contribution is 5.06. The van der Waals surface area contributed by atoms with Gasteiger partial charge in [0.2, 0.25) is 0 Å². The highest BCUT2D eigenvalue weighted by atomic mass is 15.2. The van der Waals surface area contributed by atoms with Gasteiger partial charge in [-0.25, -0.2) is 0 Å². The minimum atomic E-state index is -0.406. The first-order valence-electron chi connectivity index (χ1n) is 7.48. The highest BCUT2D eigenvalue weighted by Crippen LogP contribution is 2.22. The van der Waals surface area contributed by atoms with Crippen molar-refractivity contribution in [2.75, 3.05) is 20.1 Å². The SMILES string of the molecule is CCCNC(C)(C#N)CN(C)C1CCCCCC1. The fourth-order valence-corrected chi connectivity index (χ4v) is 2.86. The molecule has 0 radical (unpaired) electrons. The molecule has 1 atom stereocenters. The van der Waals surface area contributed by atoms with Crippen molar-refractivity contribution in [3.63, 3.8) is 0 Å².